The molecule has 1 heterocycles. The van der Waals surface area contributed by atoms with Gasteiger partial charge in [-0.25, -0.2) is 9.78 Å². The summed E-state index contributed by atoms with van der Waals surface area (Å²) in [6.07, 6.45) is 1.11. The van der Waals surface area contributed by atoms with E-state index in [4.69, 9.17) is 0 Å². The van der Waals surface area contributed by atoms with Gasteiger partial charge in [0.05, 0.1) is 7.11 Å². The van der Waals surface area contributed by atoms with Crippen molar-refractivity contribution >= 4 is 20.0 Å². The van der Waals surface area contributed by atoms with E-state index < -0.39 is 14.2 Å². The fourth-order valence-corrected chi connectivity index (χ4v) is 1.48. The Bertz CT molecular complexity index is 452. The van der Waals surface area contributed by atoms with E-state index in [9.17, 15) is 4.79 Å². The third kappa shape index (κ3) is 5.18. The second-order valence-electron chi connectivity index (χ2n) is 4.55. The second-order valence-corrected chi connectivity index (χ2v) is 9.30. The maximum atomic E-state index is 10.9. The van der Waals surface area contributed by atoms with Crippen molar-refractivity contribution in [2.45, 2.75) is 19.6 Å². The fourth-order valence-electron chi connectivity index (χ4n) is 0.957. The summed E-state index contributed by atoms with van der Waals surface area (Å²) in [5.74, 6) is 3.54. The second kappa shape index (κ2) is 5.50. The van der Waals surface area contributed by atoms with Crippen molar-refractivity contribution in [3.05, 3.63) is 23.9 Å². The van der Waals surface area contributed by atoms with E-state index in [2.05, 4.69) is 46.1 Å². The first-order valence-corrected chi connectivity index (χ1v) is 8.75. The number of amides is 1. The summed E-state index contributed by atoms with van der Waals surface area (Å²) in [4.78, 5) is 15.0. The summed E-state index contributed by atoms with van der Waals surface area (Å²) in [7, 11) is -0.0555. The highest BCUT2D eigenvalue weighted by molar-refractivity contribution is 6.83. The Morgan fingerprint density at radius 1 is 1.41 bits per heavy atom. The first-order valence-electron chi connectivity index (χ1n) is 5.25. The molecule has 1 aromatic heterocycles. The summed E-state index contributed by atoms with van der Waals surface area (Å²) >= 11 is 0. The summed E-state index contributed by atoms with van der Waals surface area (Å²) in [6, 6.07) is 3.52. The van der Waals surface area contributed by atoms with E-state index in [-0.39, 0.29) is 0 Å². The Morgan fingerprint density at radius 3 is 2.59 bits per heavy atom. The molecule has 4 nitrogen and oxygen atoms in total. The minimum Gasteiger partial charge on any atom is -0.453 e. The fraction of sp³-hybridized carbons (Fsp3) is 0.333. The zero-order valence-corrected chi connectivity index (χ0v) is 11.5. The van der Waals surface area contributed by atoms with Gasteiger partial charge in [-0.15, -0.1) is 5.54 Å². The normalized spacial score (nSPS) is 10.1. The highest BCUT2D eigenvalue weighted by atomic mass is 28.3. The minimum absolute atomic E-state index is 0.454. The van der Waals surface area contributed by atoms with Crippen molar-refractivity contribution in [2.24, 2.45) is 0 Å². The van der Waals surface area contributed by atoms with Crippen LogP contribution in [0.1, 0.15) is 5.56 Å². The zero-order valence-electron chi connectivity index (χ0n) is 10.5. The lowest BCUT2D eigenvalue weighted by Crippen LogP contribution is -2.16. The molecule has 0 spiro atoms. The van der Waals surface area contributed by atoms with Crippen molar-refractivity contribution in [3.8, 4) is 11.5 Å². The SMILES string of the molecule is COC(=O)Nc1ccc(C#C[Si](C)(C)C)cn1. The molecule has 0 fully saturated rings. The molecule has 0 atom stereocenters. The number of anilines is 1. The van der Waals surface area contributed by atoms with Gasteiger partial charge in [0.15, 0.2) is 0 Å². The molecule has 1 rings (SSSR count). The van der Waals surface area contributed by atoms with Crippen LogP contribution in [0.15, 0.2) is 18.3 Å². The average molecular weight is 248 g/mol. The van der Waals surface area contributed by atoms with Crippen LogP contribution in [0.4, 0.5) is 10.6 Å². The summed E-state index contributed by atoms with van der Waals surface area (Å²) < 4.78 is 4.46. The predicted molar refractivity (Wildman–Crippen MR) is 70.5 cm³/mol. The zero-order chi connectivity index (χ0) is 12.9. The van der Waals surface area contributed by atoms with Crippen LogP contribution in [0.2, 0.25) is 19.6 Å². The molecule has 17 heavy (non-hydrogen) atoms. The molecule has 0 bridgehead atoms. The summed E-state index contributed by atoms with van der Waals surface area (Å²) in [5, 5.41) is 2.48. The van der Waals surface area contributed by atoms with Crippen LogP contribution in [0, 0.1) is 11.5 Å². The first-order chi connectivity index (χ1) is 7.90. The lowest BCUT2D eigenvalue weighted by molar-refractivity contribution is 0.187. The van der Waals surface area contributed by atoms with Crippen molar-refractivity contribution < 1.29 is 9.53 Å². The Balaban J connectivity index is 2.74. The molecule has 90 valence electrons. The smallest absolute Gasteiger partial charge is 0.412 e. The topological polar surface area (TPSA) is 51.2 Å². The summed E-state index contributed by atoms with van der Waals surface area (Å²) in [5.41, 5.74) is 4.10. The number of hydrogen-bond acceptors (Lipinski definition) is 3. The Kier molecular flexibility index (Phi) is 4.29. The van der Waals surface area contributed by atoms with Crippen molar-refractivity contribution in [2.75, 3.05) is 12.4 Å². The number of aromatic nitrogens is 1. The van der Waals surface area contributed by atoms with Gasteiger partial charge in [-0.2, -0.15) is 0 Å². The third-order valence-corrected chi connectivity index (χ3v) is 2.64. The van der Waals surface area contributed by atoms with Crippen LogP contribution in [0.25, 0.3) is 0 Å². The molecule has 1 amide bonds. The third-order valence-electron chi connectivity index (χ3n) is 1.76. The molecule has 1 N–H and O–H groups in total. The van der Waals surface area contributed by atoms with Crippen LogP contribution >= 0.6 is 0 Å². The molecule has 0 aromatic carbocycles. The maximum absolute atomic E-state index is 10.9. The van der Waals surface area contributed by atoms with Gasteiger partial charge in [0.1, 0.15) is 13.9 Å². The number of ether oxygens (including phenoxy) is 1. The molecule has 0 saturated carbocycles. The van der Waals surface area contributed by atoms with Crippen molar-refractivity contribution in [1.29, 1.82) is 0 Å². The van der Waals surface area contributed by atoms with Crippen LogP contribution in [0.5, 0.6) is 0 Å². The van der Waals surface area contributed by atoms with Gasteiger partial charge in [0.25, 0.3) is 0 Å². The standard InChI is InChI=1S/C12H16N2O2Si/c1-16-12(15)14-11-6-5-10(9-13-11)7-8-17(2,3)4/h5-6,9H,1-4H3,(H,13,14,15). The summed E-state index contributed by atoms with van der Waals surface area (Å²) in [6.45, 7) is 6.54. The van der Waals surface area contributed by atoms with Gasteiger partial charge in [-0.1, -0.05) is 25.6 Å². The molecule has 1 aromatic rings. The number of rotatable bonds is 1. The lowest BCUT2D eigenvalue weighted by atomic mass is 10.3. The quantitative estimate of drug-likeness (QED) is 0.613. The maximum Gasteiger partial charge on any atom is 0.412 e. The average Bonchev–Trinajstić information content (AvgIpc) is 2.27. The van der Waals surface area contributed by atoms with Crippen molar-refractivity contribution in [1.82, 2.24) is 4.98 Å². The van der Waals surface area contributed by atoms with E-state index in [1.165, 1.54) is 7.11 Å². The van der Waals surface area contributed by atoms with Gasteiger partial charge < -0.3 is 4.74 Å². The predicted octanol–water partition coefficient (Wildman–Crippen LogP) is 2.49. The number of methoxy groups -OCH3 is 1. The number of hydrogen-bond donors (Lipinski definition) is 1. The highest BCUT2D eigenvalue weighted by Crippen LogP contribution is 2.05. The van der Waals surface area contributed by atoms with Gasteiger partial charge in [0, 0.05) is 11.8 Å². The minimum atomic E-state index is -1.36. The lowest BCUT2D eigenvalue weighted by Gasteiger charge is -2.04. The van der Waals surface area contributed by atoms with E-state index >= 15 is 0 Å². The molecular weight excluding hydrogens is 232 g/mol. The molecule has 0 radical (unpaired) electrons. The largest absolute Gasteiger partial charge is 0.453 e. The van der Waals surface area contributed by atoms with E-state index in [1.54, 1.807) is 12.3 Å². The van der Waals surface area contributed by atoms with Crippen LogP contribution < -0.4 is 5.32 Å². The Hall–Kier alpha value is -1.80. The van der Waals surface area contributed by atoms with Gasteiger partial charge in [-0.3, -0.25) is 5.32 Å². The number of nitrogens with one attached hydrogen (secondary N) is 1. The molecule has 0 aliphatic rings. The van der Waals surface area contributed by atoms with Gasteiger partial charge in [0.2, 0.25) is 0 Å². The van der Waals surface area contributed by atoms with Crippen LogP contribution in [-0.4, -0.2) is 26.3 Å². The Labute approximate surface area is 102 Å². The monoisotopic (exact) mass is 248 g/mol. The van der Waals surface area contributed by atoms with Gasteiger partial charge >= 0.3 is 6.09 Å². The molecule has 5 heteroatoms. The molecular formula is C12H16N2O2Si. The van der Waals surface area contributed by atoms with Crippen molar-refractivity contribution in [3.63, 3.8) is 0 Å². The van der Waals surface area contributed by atoms with Crippen LogP contribution in [0.3, 0.4) is 0 Å². The van der Waals surface area contributed by atoms with E-state index in [0.29, 0.717) is 5.82 Å². The van der Waals surface area contributed by atoms with E-state index in [0.717, 1.165) is 5.56 Å². The first kappa shape index (κ1) is 13.3. The molecule has 0 unspecified atom stereocenters. The molecule has 0 aliphatic carbocycles. The Morgan fingerprint density at radius 2 is 2.12 bits per heavy atom. The molecule has 0 saturated heterocycles. The highest BCUT2D eigenvalue weighted by Gasteiger charge is 2.07. The number of pyridine rings is 1. The number of carbonyl (C=O) groups excluding carboxylic acids is 1. The molecule has 0 aliphatic heterocycles. The van der Waals surface area contributed by atoms with Crippen LogP contribution in [-0.2, 0) is 4.74 Å². The number of carbonyl (C=O) groups is 1. The van der Waals surface area contributed by atoms with E-state index in [1.807, 2.05) is 6.07 Å². The van der Waals surface area contributed by atoms with Gasteiger partial charge in [-0.05, 0) is 12.1 Å². The number of nitrogens with zero attached hydrogens (tertiary/aromatic N) is 1.